The molecule has 2 N–H and O–H groups in total. The molecule has 0 aliphatic carbocycles. The van der Waals surface area contributed by atoms with Gasteiger partial charge in [-0.1, -0.05) is 19.1 Å². The minimum Gasteiger partial charge on any atom is -0.328 e. The molecule has 0 unspecified atom stereocenters. The molecule has 0 saturated carbocycles. The molecule has 102 valence electrons. The van der Waals surface area contributed by atoms with E-state index >= 15 is 0 Å². The molecular weight excluding hydrogens is 251 g/mol. The first-order valence-electron chi connectivity index (χ1n) is 6.45. The van der Waals surface area contributed by atoms with Gasteiger partial charge in [-0.2, -0.15) is 0 Å². The molecule has 1 fully saturated rings. The van der Waals surface area contributed by atoms with E-state index in [1.54, 1.807) is 12.1 Å². The topological polar surface area (TPSA) is 29.3 Å². The van der Waals surface area contributed by atoms with Crippen molar-refractivity contribution in [3.05, 3.63) is 35.1 Å². The minimum absolute atomic E-state index is 0. The summed E-state index contributed by atoms with van der Waals surface area (Å²) in [6.45, 7) is 4.77. The van der Waals surface area contributed by atoms with Crippen LogP contribution in [-0.2, 0) is 13.0 Å². The molecular formula is C14H22ClFN2. The summed E-state index contributed by atoms with van der Waals surface area (Å²) < 4.78 is 13.8. The van der Waals surface area contributed by atoms with Crippen LogP contribution in [0.5, 0.6) is 0 Å². The van der Waals surface area contributed by atoms with Gasteiger partial charge in [0.15, 0.2) is 0 Å². The smallest absolute Gasteiger partial charge is 0.127 e. The van der Waals surface area contributed by atoms with Crippen LogP contribution >= 0.6 is 12.4 Å². The monoisotopic (exact) mass is 272 g/mol. The summed E-state index contributed by atoms with van der Waals surface area (Å²) in [5, 5.41) is 0. The first kappa shape index (κ1) is 15.4. The summed E-state index contributed by atoms with van der Waals surface area (Å²) in [4.78, 5) is 2.31. The number of nitrogens with zero attached hydrogens (tertiary/aromatic N) is 1. The number of rotatable bonds is 3. The van der Waals surface area contributed by atoms with E-state index in [9.17, 15) is 4.39 Å². The summed E-state index contributed by atoms with van der Waals surface area (Å²) >= 11 is 0. The molecule has 1 heterocycles. The van der Waals surface area contributed by atoms with Crippen LogP contribution < -0.4 is 5.73 Å². The number of hydrogen-bond acceptors (Lipinski definition) is 2. The third-order valence-electron chi connectivity index (χ3n) is 3.61. The van der Waals surface area contributed by atoms with Gasteiger partial charge in [0.05, 0.1) is 0 Å². The second kappa shape index (κ2) is 7.07. The fourth-order valence-electron chi connectivity index (χ4n) is 2.45. The van der Waals surface area contributed by atoms with E-state index in [-0.39, 0.29) is 18.2 Å². The Morgan fingerprint density at radius 2 is 2.00 bits per heavy atom. The Balaban J connectivity index is 0.00000162. The predicted molar refractivity (Wildman–Crippen MR) is 75.5 cm³/mol. The van der Waals surface area contributed by atoms with Crippen LogP contribution in [0.2, 0.25) is 0 Å². The maximum Gasteiger partial charge on any atom is 0.127 e. The van der Waals surface area contributed by atoms with E-state index in [1.165, 1.54) is 0 Å². The summed E-state index contributed by atoms with van der Waals surface area (Å²) in [6.07, 6.45) is 2.94. The van der Waals surface area contributed by atoms with Gasteiger partial charge in [-0.05, 0) is 44.0 Å². The standard InChI is InChI=1S/C14H21FN2.ClH/c1-2-11-4-3-5-14(15)13(11)10-17-8-6-12(16)7-9-17;/h3-5,12H,2,6-10,16H2,1H3;1H. The Hall–Kier alpha value is -0.640. The van der Waals surface area contributed by atoms with Gasteiger partial charge in [0.2, 0.25) is 0 Å². The van der Waals surface area contributed by atoms with Gasteiger partial charge in [0.25, 0.3) is 0 Å². The SMILES string of the molecule is CCc1cccc(F)c1CN1CCC(N)CC1.Cl. The number of piperidine rings is 1. The highest BCUT2D eigenvalue weighted by molar-refractivity contribution is 5.85. The number of hydrogen-bond donors (Lipinski definition) is 1. The summed E-state index contributed by atoms with van der Waals surface area (Å²) in [5.74, 6) is -0.0702. The lowest BCUT2D eigenvalue weighted by atomic mass is 10.0. The van der Waals surface area contributed by atoms with Crippen LogP contribution in [-0.4, -0.2) is 24.0 Å². The number of halogens is 2. The van der Waals surface area contributed by atoms with Crippen LogP contribution in [0, 0.1) is 5.82 Å². The van der Waals surface area contributed by atoms with Gasteiger partial charge in [0, 0.05) is 18.2 Å². The van der Waals surface area contributed by atoms with Gasteiger partial charge >= 0.3 is 0 Å². The number of likely N-dealkylation sites (tertiary alicyclic amines) is 1. The lowest BCUT2D eigenvalue weighted by Gasteiger charge is -2.30. The highest BCUT2D eigenvalue weighted by Gasteiger charge is 2.18. The molecule has 1 aromatic carbocycles. The summed E-state index contributed by atoms with van der Waals surface area (Å²) in [5.41, 5.74) is 7.87. The van der Waals surface area contributed by atoms with Crippen molar-refractivity contribution in [1.29, 1.82) is 0 Å². The molecule has 0 amide bonds. The van der Waals surface area contributed by atoms with Gasteiger partial charge in [-0.3, -0.25) is 4.90 Å². The fraction of sp³-hybridized carbons (Fsp3) is 0.571. The van der Waals surface area contributed by atoms with Crippen molar-refractivity contribution in [1.82, 2.24) is 4.90 Å². The Kier molecular flexibility index (Phi) is 6.06. The van der Waals surface area contributed by atoms with Crippen molar-refractivity contribution in [3.8, 4) is 0 Å². The number of benzene rings is 1. The van der Waals surface area contributed by atoms with Crippen molar-refractivity contribution in [2.45, 2.75) is 38.8 Å². The Labute approximate surface area is 115 Å². The molecule has 2 nitrogen and oxygen atoms in total. The highest BCUT2D eigenvalue weighted by Crippen LogP contribution is 2.19. The second-order valence-electron chi connectivity index (χ2n) is 4.84. The third-order valence-corrected chi connectivity index (χ3v) is 3.61. The molecule has 2 rings (SSSR count). The first-order valence-corrected chi connectivity index (χ1v) is 6.45. The van der Waals surface area contributed by atoms with Gasteiger partial charge < -0.3 is 5.73 Å². The minimum atomic E-state index is -0.0702. The number of nitrogens with two attached hydrogens (primary N) is 1. The maximum absolute atomic E-state index is 13.8. The van der Waals surface area contributed by atoms with E-state index < -0.39 is 0 Å². The first-order chi connectivity index (χ1) is 8.20. The van der Waals surface area contributed by atoms with Crippen LogP contribution in [0.4, 0.5) is 4.39 Å². The zero-order chi connectivity index (χ0) is 12.3. The van der Waals surface area contributed by atoms with Crippen LogP contribution in [0.1, 0.15) is 30.9 Å². The average molecular weight is 273 g/mol. The molecule has 0 spiro atoms. The van der Waals surface area contributed by atoms with E-state index in [0.717, 1.165) is 50.0 Å². The summed E-state index contributed by atoms with van der Waals surface area (Å²) in [6, 6.07) is 5.71. The van der Waals surface area contributed by atoms with Gasteiger partial charge in [-0.25, -0.2) is 4.39 Å². The van der Waals surface area contributed by atoms with E-state index in [4.69, 9.17) is 5.73 Å². The molecule has 1 aliphatic rings. The largest absolute Gasteiger partial charge is 0.328 e. The summed E-state index contributed by atoms with van der Waals surface area (Å²) in [7, 11) is 0. The van der Waals surface area contributed by atoms with Crippen molar-refractivity contribution in [2.75, 3.05) is 13.1 Å². The van der Waals surface area contributed by atoms with Crippen molar-refractivity contribution < 1.29 is 4.39 Å². The Bertz CT molecular complexity index is 376. The molecule has 0 radical (unpaired) electrons. The van der Waals surface area contributed by atoms with E-state index in [2.05, 4.69) is 11.8 Å². The molecule has 18 heavy (non-hydrogen) atoms. The molecule has 1 aromatic rings. The van der Waals surface area contributed by atoms with E-state index in [0.29, 0.717) is 6.04 Å². The molecule has 0 atom stereocenters. The lowest BCUT2D eigenvalue weighted by Crippen LogP contribution is -2.39. The van der Waals surface area contributed by atoms with Gasteiger partial charge in [-0.15, -0.1) is 12.4 Å². The van der Waals surface area contributed by atoms with Gasteiger partial charge in [0.1, 0.15) is 5.82 Å². The Morgan fingerprint density at radius 3 is 2.61 bits per heavy atom. The second-order valence-corrected chi connectivity index (χ2v) is 4.84. The molecule has 4 heteroatoms. The zero-order valence-electron chi connectivity index (χ0n) is 10.9. The van der Waals surface area contributed by atoms with E-state index in [1.807, 2.05) is 6.07 Å². The maximum atomic E-state index is 13.8. The van der Waals surface area contributed by atoms with Crippen molar-refractivity contribution in [3.63, 3.8) is 0 Å². The highest BCUT2D eigenvalue weighted by atomic mass is 35.5. The van der Waals surface area contributed by atoms with Crippen LogP contribution in [0.15, 0.2) is 18.2 Å². The molecule has 0 bridgehead atoms. The molecule has 1 aliphatic heterocycles. The Morgan fingerprint density at radius 1 is 1.33 bits per heavy atom. The lowest BCUT2D eigenvalue weighted by molar-refractivity contribution is 0.203. The molecule has 0 aromatic heterocycles. The average Bonchev–Trinajstić information content (AvgIpc) is 2.34. The van der Waals surface area contributed by atoms with Crippen LogP contribution in [0.3, 0.4) is 0 Å². The van der Waals surface area contributed by atoms with Crippen LogP contribution in [0.25, 0.3) is 0 Å². The predicted octanol–water partition coefficient (Wildman–Crippen LogP) is 2.73. The third kappa shape index (κ3) is 3.67. The fourth-order valence-corrected chi connectivity index (χ4v) is 2.45. The van der Waals surface area contributed by atoms with Crippen molar-refractivity contribution >= 4 is 12.4 Å². The van der Waals surface area contributed by atoms with Crippen molar-refractivity contribution in [2.24, 2.45) is 5.73 Å². The normalized spacial score (nSPS) is 17.5. The zero-order valence-corrected chi connectivity index (χ0v) is 11.7. The quantitative estimate of drug-likeness (QED) is 0.917. The number of aryl methyl sites for hydroxylation is 1. The molecule has 1 saturated heterocycles.